The van der Waals surface area contributed by atoms with Gasteiger partial charge in [0.2, 0.25) is 5.91 Å². The largest absolute Gasteiger partial charge is 0.379 e. The highest BCUT2D eigenvalue weighted by Gasteiger charge is 2.31. The number of hydrogen-bond donors (Lipinski definition) is 2. The number of rotatable bonds is 6. The summed E-state index contributed by atoms with van der Waals surface area (Å²) in [5, 5.41) is 2.95. The van der Waals surface area contributed by atoms with Crippen LogP contribution in [-0.2, 0) is 16.1 Å². The molecule has 2 atom stereocenters. The summed E-state index contributed by atoms with van der Waals surface area (Å²) in [7, 11) is 0. The van der Waals surface area contributed by atoms with E-state index in [0.29, 0.717) is 13.2 Å². The quantitative estimate of drug-likeness (QED) is 0.832. The van der Waals surface area contributed by atoms with E-state index in [-0.39, 0.29) is 17.9 Å². The van der Waals surface area contributed by atoms with Crippen molar-refractivity contribution in [3.8, 4) is 0 Å². The molecule has 21 heavy (non-hydrogen) atoms. The number of anilines is 1. The van der Waals surface area contributed by atoms with Gasteiger partial charge < -0.3 is 15.8 Å². The van der Waals surface area contributed by atoms with E-state index < -0.39 is 0 Å². The fraction of sp³-hybridized carbons (Fsp3) is 0.562. The van der Waals surface area contributed by atoms with Crippen LogP contribution in [0.25, 0.3) is 0 Å². The first kappa shape index (κ1) is 15.9. The third kappa shape index (κ3) is 4.27. The molecule has 1 aromatic carbocycles. The van der Waals surface area contributed by atoms with Crippen molar-refractivity contribution in [3.63, 3.8) is 0 Å². The lowest BCUT2D eigenvalue weighted by molar-refractivity contribution is -0.120. The zero-order chi connectivity index (χ0) is 15.2. The first-order chi connectivity index (χ1) is 10.1. The molecule has 1 saturated heterocycles. The number of carbonyl (C=O) groups is 1. The average Bonchev–Trinajstić information content (AvgIpc) is 2.91. The van der Waals surface area contributed by atoms with Crippen molar-refractivity contribution in [3.05, 3.63) is 29.8 Å². The van der Waals surface area contributed by atoms with E-state index in [4.69, 9.17) is 10.5 Å². The first-order valence-electron chi connectivity index (χ1n) is 7.59. The van der Waals surface area contributed by atoms with Gasteiger partial charge in [-0.05, 0) is 30.8 Å². The van der Waals surface area contributed by atoms with Crippen molar-refractivity contribution in [2.24, 2.45) is 11.7 Å². The van der Waals surface area contributed by atoms with E-state index in [1.165, 1.54) is 5.56 Å². The highest BCUT2D eigenvalue weighted by atomic mass is 16.5. The third-order valence-electron chi connectivity index (χ3n) is 3.96. The van der Waals surface area contributed by atoms with Crippen LogP contribution in [0.1, 0.15) is 19.4 Å². The Kier molecular flexibility index (Phi) is 5.73. The van der Waals surface area contributed by atoms with Crippen molar-refractivity contribution >= 4 is 11.6 Å². The maximum Gasteiger partial charge on any atom is 0.231 e. The van der Waals surface area contributed by atoms with E-state index in [9.17, 15) is 4.79 Å². The molecule has 0 saturated carbocycles. The molecule has 0 aliphatic carbocycles. The predicted octanol–water partition coefficient (Wildman–Crippen LogP) is 1.44. The lowest BCUT2D eigenvalue weighted by atomic mass is 10.0. The van der Waals surface area contributed by atoms with E-state index in [1.807, 2.05) is 18.2 Å². The van der Waals surface area contributed by atoms with Crippen molar-refractivity contribution in [2.75, 3.05) is 31.6 Å². The minimum absolute atomic E-state index is 0.0556. The van der Waals surface area contributed by atoms with Crippen LogP contribution in [0.5, 0.6) is 0 Å². The fourth-order valence-corrected chi connectivity index (χ4v) is 2.53. The minimum Gasteiger partial charge on any atom is -0.379 e. The molecule has 1 fully saturated rings. The zero-order valence-electron chi connectivity index (χ0n) is 12.8. The summed E-state index contributed by atoms with van der Waals surface area (Å²) in [6.07, 6.45) is 0. The van der Waals surface area contributed by atoms with E-state index in [2.05, 4.69) is 30.1 Å². The van der Waals surface area contributed by atoms with Crippen molar-refractivity contribution < 1.29 is 9.53 Å². The molecule has 0 spiro atoms. The van der Waals surface area contributed by atoms with Crippen LogP contribution in [0.4, 0.5) is 5.69 Å². The molecular weight excluding hydrogens is 266 g/mol. The summed E-state index contributed by atoms with van der Waals surface area (Å²) in [5.74, 6) is -0.309. The van der Waals surface area contributed by atoms with Gasteiger partial charge in [-0.15, -0.1) is 0 Å². The van der Waals surface area contributed by atoms with E-state index >= 15 is 0 Å². The molecule has 2 unspecified atom stereocenters. The molecule has 0 aromatic heterocycles. The summed E-state index contributed by atoms with van der Waals surface area (Å²) >= 11 is 0. The molecule has 1 aliphatic heterocycles. The molecule has 1 aliphatic rings. The summed E-state index contributed by atoms with van der Waals surface area (Å²) in [6.45, 7) is 8.09. The van der Waals surface area contributed by atoms with Crippen LogP contribution in [0.3, 0.4) is 0 Å². The monoisotopic (exact) mass is 291 g/mol. The van der Waals surface area contributed by atoms with E-state index in [1.54, 1.807) is 0 Å². The Morgan fingerprint density at radius 3 is 2.76 bits per heavy atom. The number of carbonyl (C=O) groups excluding carboxylic acids is 1. The Labute approximate surface area is 126 Å². The molecule has 0 bridgehead atoms. The molecule has 5 nitrogen and oxygen atoms in total. The van der Waals surface area contributed by atoms with Crippen molar-refractivity contribution in [1.29, 1.82) is 0 Å². The van der Waals surface area contributed by atoms with Gasteiger partial charge in [0.15, 0.2) is 0 Å². The molecule has 0 radical (unpaired) electrons. The predicted molar refractivity (Wildman–Crippen MR) is 84.0 cm³/mol. The fourth-order valence-electron chi connectivity index (χ4n) is 2.53. The van der Waals surface area contributed by atoms with Gasteiger partial charge in [-0.2, -0.15) is 0 Å². The van der Waals surface area contributed by atoms with E-state index in [0.717, 1.165) is 25.3 Å². The van der Waals surface area contributed by atoms with Crippen molar-refractivity contribution in [2.45, 2.75) is 26.4 Å². The second-order valence-corrected chi connectivity index (χ2v) is 5.46. The highest BCUT2D eigenvalue weighted by molar-refractivity contribution is 5.93. The average molecular weight is 291 g/mol. The molecule has 1 heterocycles. The number of nitrogens with two attached hydrogens (primary N) is 1. The second kappa shape index (κ2) is 7.54. The number of hydrogen-bond acceptors (Lipinski definition) is 4. The zero-order valence-corrected chi connectivity index (χ0v) is 12.8. The van der Waals surface area contributed by atoms with Gasteiger partial charge in [0, 0.05) is 18.3 Å². The molecule has 3 N–H and O–H groups in total. The number of nitrogens with one attached hydrogen (secondary N) is 1. The molecular formula is C16H25N3O2. The smallest absolute Gasteiger partial charge is 0.231 e. The molecule has 1 amide bonds. The van der Waals surface area contributed by atoms with Gasteiger partial charge in [0.25, 0.3) is 0 Å². The number of benzene rings is 1. The van der Waals surface area contributed by atoms with Gasteiger partial charge >= 0.3 is 0 Å². The van der Waals surface area contributed by atoms with Crippen LogP contribution in [0, 0.1) is 5.92 Å². The summed E-state index contributed by atoms with van der Waals surface area (Å²) in [4.78, 5) is 14.5. The van der Waals surface area contributed by atoms with Crippen LogP contribution in [0.15, 0.2) is 24.3 Å². The van der Waals surface area contributed by atoms with Crippen LogP contribution in [-0.4, -0.2) is 43.2 Å². The minimum atomic E-state index is -0.253. The molecule has 1 aromatic rings. The first-order valence-corrected chi connectivity index (χ1v) is 7.59. The third-order valence-corrected chi connectivity index (χ3v) is 3.96. The van der Waals surface area contributed by atoms with Gasteiger partial charge in [-0.25, -0.2) is 0 Å². The Morgan fingerprint density at radius 2 is 2.14 bits per heavy atom. The van der Waals surface area contributed by atoms with Crippen molar-refractivity contribution in [1.82, 2.24) is 4.90 Å². The summed E-state index contributed by atoms with van der Waals surface area (Å²) in [6, 6.07) is 7.78. The number of ether oxygens (including phenoxy) is 1. The Hall–Kier alpha value is -1.43. The second-order valence-electron chi connectivity index (χ2n) is 5.46. The molecule has 2 rings (SSSR count). The Balaban J connectivity index is 1.99. The SMILES string of the molecule is CCN(CC)Cc1cccc(NC(=O)C2COCC2N)c1. The standard InChI is InChI=1S/C16H25N3O2/c1-3-19(4-2)9-12-6-5-7-13(8-12)18-16(20)14-10-21-11-15(14)17/h5-8,14-15H,3-4,9-11,17H2,1-2H3,(H,18,20). The van der Waals surface area contributed by atoms with Crippen LogP contribution >= 0.6 is 0 Å². The van der Waals surface area contributed by atoms with Gasteiger partial charge in [-0.3, -0.25) is 9.69 Å². The topological polar surface area (TPSA) is 67.6 Å². The van der Waals surface area contributed by atoms with Gasteiger partial charge in [-0.1, -0.05) is 26.0 Å². The highest BCUT2D eigenvalue weighted by Crippen LogP contribution is 2.17. The summed E-state index contributed by atoms with van der Waals surface area (Å²) in [5.41, 5.74) is 7.89. The van der Waals surface area contributed by atoms with Crippen LogP contribution < -0.4 is 11.1 Å². The number of amides is 1. The van der Waals surface area contributed by atoms with Crippen LogP contribution in [0.2, 0.25) is 0 Å². The lowest BCUT2D eigenvalue weighted by Crippen LogP contribution is -2.37. The maximum absolute atomic E-state index is 12.2. The van der Waals surface area contributed by atoms with Gasteiger partial charge in [0.1, 0.15) is 0 Å². The maximum atomic E-state index is 12.2. The molecule has 5 heteroatoms. The molecule has 116 valence electrons. The van der Waals surface area contributed by atoms with Gasteiger partial charge in [0.05, 0.1) is 19.1 Å². The summed E-state index contributed by atoms with van der Waals surface area (Å²) < 4.78 is 5.24. The number of nitrogens with zero attached hydrogens (tertiary/aromatic N) is 1. The normalized spacial score (nSPS) is 21.7. The lowest BCUT2D eigenvalue weighted by Gasteiger charge is -2.19. The Bertz CT molecular complexity index is 474. The Morgan fingerprint density at radius 1 is 1.38 bits per heavy atom.